The van der Waals surface area contributed by atoms with E-state index < -0.39 is 12.0 Å². The monoisotopic (exact) mass is 240 g/mol. The molecule has 5 nitrogen and oxygen atoms in total. The van der Waals surface area contributed by atoms with Crippen molar-refractivity contribution in [1.82, 2.24) is 10.6 Å². The summed E-state index contributed by atoms with van der Waals surface area (Å²) >= 11 is 0. The van der Waals surface area contributed by atoms with E-state index in [1.165, 1.54) is 19.3 Å². The molecule has 3 N–H and O–H groups in total. The first-order chi connectivity index (χ1) is 8.10. The van der Waals surface area contributed by atoms with E-state index >= 15 is 0 Å². The third kappa shape index (κ3) is 2.70. The number of carboxylic acids is 1. The largest absolute Gasteiger partial charge is 0.480 e. The van der Waals surface area contributed by atoms with Gasteiger partial charge < -0.3 is 15.7 Å². The average Bonchev–Trinajstić information content (AvgIpc) is 2.87. The van der Waals surface area contributed by atoms with Crippen molar-refractivity contribution in [3.63, 3.8) is 0 Å². The highest BCUT2D eigenvalue weighted by Gasteiger charge is 2.40. The zero-order valence-electron chi connectivity index (χ0n) is 10.1. The van der Waals surface area contributed by atoms with E-state index in [1.807, 2.05) is 0 Å². The molecule has 4 atom stereocenters. The molecule has 2 aliphatic carbocycles. The molecular formula is C12H20N2O3. The number of hydrogen-bond donors (Lipinski definition) is 3. The molecule has 0 spiro atoms. The van der Waals surface area contributed by atoms with Crippen molar-refractivity contribution in [2.24, 2.45) is 11.8 Å². The summed E-state index contributed by atoms with van der Waals surface area (Å²) in [6, 6.07) is -0.870. The first-order valence-electron chi connectivity index (χ1n) is 6.40. The van der Waals surface area contributed by atoms with Gasteiger partial charge in [0.05, 0.1) is 0 Å². The van der Waals surface area contributed by atoms with E-state index in [1.54, 1.807) is 6.92 Å². The van der Waals surface area contributed by atoms with E-state index in [0.29, 0.717) is 12.3 Å². The van der Waals surface area contributed by atoms with E-state index in [4.69, 9.17) is 5.11 Å². The lowest BCUT2D eigenvalue weighted by Gasteiger charge is -2.24. The standard InChI is InChI=1S/C12H20N2O3/c1-2-9(11(15)16)13-12(17)14-10-6-7-3-4-8(10)5-7/h7-10H,2-6H2,1H3,(H,15,16)(H2,13,14,17)/t7?,8?,9-,10?/m1/s1. The molecule has 2 saturated carbocycles. The fourth-order valence-corrected chi connectivity index (χ4v) is 3.13. The third-order valence-electron chi connectivity index (χ3n) is 4.07. The normalized spacial score (nSPS) is 32.2. The van der Waals surface area contributed by atoms with Crippen molar-refractivity contribution in [3.05, 3.63) is 0 Å². The second-order valence-corrected chi connectivity index (χ2v) is 5.20. The van der Waals surface area contributed by atoms with Crippen LogP contribution in [-0.2, 0) is 4.79 Å². The lowest BCUT2D eigenvalue weighted by atomic mass is 9.95. The van der Waals surface area contributed by atoms with Crippen molar-refractivity contribution in [3.8, 4) is 0 Å². The Balaban J connectivity index is 1.79. The van der Waals surface area contributed by atoms with Crippen molar-refractivity contribution < 1.29 is 14.7 Å². The van der Waals surface area contributed by atoms with Gasteiger partial charge in [-0.25, -0.2) is 9.59 Å². The predicted octanol–water partition coefficient (Wildman–Crippen LogP) is 1.34. The third-order valence-corrected chi connectivity index (χ3v) is 4.07. The van der Waals surface area contributed by atoms with Crippen molar-refractivity contribution in [2.75, 3.05) is 0 Å². The van der Waals surface area contributed by atoms with Crippen molar-refractivity contribution >= 4 is 12.0 Å². The number of fused-ring (bicyclic) bond motifs is 2. The summed E-state index contributed by atoms with van der Waals surface area (Å²) in [6.45, 7) is 1.75. The van der Waals surface area contributed by atoms with Crippen molar-refractivity contribution in [1.29, 1.82) is 0 Å². The molecular weight excluding hydrogens is 220 g/mol. The summed E-state index contributed by atoms with van der Waals surface area (Å²) in [5.74, 6) is 0.401. The molecule has 3 unspecified atom stereocenters. The van der Waals surface area contributed by atoms with Gasteiger partial charge in [0.1, 0.15) is 6.04 Å². The van der Waals surface area contributed by atoms with Crippen LogP contribution in [0.15, 0.2) is 0 Å². The molecule has 0 aromatic rings. The Morgan fingerprint density at radius 2 is 2.12 bits per heavy atom. The van der Waals surface area contributed by atoms with Gasteiger partial charge in [0, 0.05) is 6.04 Å². The topological polar surface area (TPSA) is 78.4 Å². The highest BCUT2D eigenvalue weighted by atomic mass is 16.4. The Hall–Kier alpha value is -1.26. The minimum absolute atomic E-state index is 0.250. The van der Waals surface area contributed by atoms with Crippen LogP contribution in [0.3, 0.4) is 0 Å². The van der Waals surface area contributed by atoms with Crippen LogP contribution in [0.2, 0.25) is 0 Å². The van der Waals surface area contributed by atoms with E-state index in [0.717, 1.165) is 12.3 Å². The lowest BCUT2D eigenvalue weighted by molar-refractivity contribution is -0.139. The summed E-state index contributed by atoms with van der Waals surface area (Å²) in [6.07, 6.45) is 5.17. The number of carboxylic acid groups (broad SMARTS) is 1. The zero-order valence-corrected chi connectivity index (χ0v) is 10.1. The van der Waals surface area contributed by atoms with Gasteiger partial charge >= 0.3 is 12.0 Å². The second-order valence-electron chi connectivity index (χ2n) is 5.20. The van der Waals surface area contributed by atoms with E-state index in [9.17, 15) is 9.59 Å². The minimum atomic E-state index is -0.976. The summed E-state index contributed by atoms with van der Waals surface area (Å²) in [5.41, 5.74) is 0. The van der Waals surface area contributed by atoms with E-state index in [2.05, 4.69) is 10.6 Å². The molecule has 0 radical (unpaired) electrons. The van der Waals surface area contributed by atoms with Crippen LogP contribution in [0.25, 0.3) is 0 Å². The van der Waals surface area contributed by atoms with Gasteiger partial charge in [0.15, 0.2) is 0 Å². The van der Waals surface area contributed by atoms with Gasteiger partial charge in [-0.15, -0.1) is 0 Å². The summed E-state index contributed by atoms with van der Waals surface area (Å²) in [4.78, 5) is 22.5. The van der Waals surface area contributed by atoms with Crippen LogP contribution in [0.1, 0.15) is 39.0 Å². The van der Waals surface area contributed by atoms with Gasteiger partial charge in [-0.2, -0.15) is 0 Å². The molecule has 0 aliphatic heterocycles. The fraction of sp³-hybridized carbons (Fsp3) is 0.833. The van der Waals surface area contributed by atoms with Crippen LogP contribution < -0.4 is 10.6 Å². The number of amides is 2. The highest BCUT2D eigenvalue weighted by Crippen LogP contribution is 2.44. The molecule has 0 aromatic carbocycles. The quantitative estimate of drug-likeness (QED) is 0.693. The molecule has 96 valence electrons. The van der Waals surface area contributed by atoms with Crippen LogP contribution in [0, 0.1) is 11.8 Å². The zero-order chi connectivity index (χ0) is 12.4. The Morgan fingerprint density at radius 1 is 1.35 bits per heavy atom. The van der Waals surface area contributed by atoms with Crippen LogP contribution in [-0.4, -0.2) is 29.2 Å². The number of aliphatic carboxylic acids is 1. The van der Waals surface area contributed by atoms with Crippen LogP contribution in [0.4, 0.5) is 4.79 Å². The molecule has 17 heavy (non-hydrogen) atoms. The molecule has 2 bridgehead atoms. The number of carbonyl (C=O) groups excluding carboxylic acids is 1. The molecule has 0 saturated heterocycles. The highest BCUT2D eigenvalue weighted by molar-refractivity contribution is 5.82. The molecule has 2 fully saturated rings. The summed E-state index contributed by atoms with van der Waals surface area (Å²) in [5, 5.41) is 14.3. The molecule has 2 aliphatic rings. The molecule has 0 aromatic heterocycles. The van der Waals surface area contributed by atoms with Gasteiger partial charge in [-0.1, -0.05) is 13.3 Å². The number of carbonyl (C=O) groups is 2. The average molecular weight is 240 g/mol. The summed E-state index contributed by atoms with van der Waals surface area (Å²) < 4.78 is 0. The maximum absolute atomic E-state index is 11.7. The van der Waals surface area contributed by atoms with Crippen LogP contribution in [0.5, 0.6) is 0 Å². The van der Waals surface area contributed by atoms with Gasteiger partial charge in [-0.05, 0) is 37.5 Å². The molecule has 0 heterocycles. The number of urea groups is 1. The summed E-state index contributed by atoms with van der Waals surface area (Å²) in [7, 11) is 0. The molecule has 2 amide bonds. The number of hydrogen-bond acceptors (Lipinski definition) is 2. The SMILES string of the molecule is CC[C@@H](NC(=O)NC1CC2CCC1C2)C(=O)O. The number of nitrogens with one attached hydrogen (secondary N) is 2. The first kappa shape index (κ1) is 12.2. The molecule has 5 heteroatoms. The predicted molar refractivity (Wildman–Crippen MR) is 62.6 cm³/mol. The fourth-order valence-electron chi connectivity index (χ4n) is 3.13. The molecule has 2 rings (SSSR count). The van der Waals surface area contributed by atoms with E-state index in [-0.39, 0.29) is 12.1 Å². The number of rotatable bonds is 4. The Bertz CT molecular complexity index is 319. The minimum Gasteiger partial charge on any atom is -0.480 e. The second kappa shape index (κ2) is 4.94. The smallest absolute Gasteiger partial charge is 0.326 e. The Morgan fingerprint density at radius 3 is 2.59 bits per heavy atom. The van der Waals surface area contributed by atoms with Crippen molar-refractivity contribution in [2.45, 2.75) is 51.1 Å². The van der Waals surface area contributed by atoms with Gasteiger partial charge in [-0.3, -0.25) is 0 Å². The Labute approximate surface area is 101 Å². The maximum atomic E-state index is 11.7. The first-order valence-corrected chi connectivity index (χ1v) is 6.40. The lowest BCUT2D eigenvalue weighted by Crippen LogP contribution is -2.49. The maximum Gasteiger partial charge on any atom is 0.326 e. The van der Waals surface area contributed by atoms with Gasteiger partial charge in [0.25, 0.3) is 0 Å². The Kier molecular flexibility index (Phi) is 3.54. The van der Waals surface area contributed by atoms with Gasteiger partial charge in [0.2, 0.25) is 0 Å². The van der Waals surface area contributed by atoms with Crippen LogP contribution >= 0.6 is 0 Å².